The van der Waals surface area contributed by atoms with Gasteiger partial charge in [0.05, 0.1) is 6.20 Å². The lowest BCUT2D eigenvalue weighted by Crippen LogP contribution is -2.41. The molecule has 1 N–H and O–H groups in total. The molecule has 3 atom stereocenters. The van der Waals surface area contributed by atoms with Crippen LogP contribution in [0, 0.1) is 11.8 Å². The zero-order valence-corrected chi connectivity index (χ0v) is 11.0. The maximum atomic E-state index is 3.97. The van der Waals surface area contributed by atoms with Crippen LogP contribution >= 0.6 is 0 Å². The smallest absolute Gasteiger partial charge is 0.0692 e. The van der Waals surface area contributed by atoms with Crippen molar-refractivity contribution in [2.75, 3.05) is 6.54 Å². The van der Waals surface area contributed by atoms with E-state index in [9.17, 15) is 0 Å². The second-order valence-corrected chi connectivity index (χ2v) is 5.35. The summed E-state index contributed by atoms with van der Waals surface area (Å²) in [5.74, 6) is 1.69. The summed E-state index contributed by atoms with van der Waals surface area (Å²) in [4.78, 5) is 0. The quantitative estimate of drug-likeness (QED) is 0.796. The topological polar surface area (TPSA) is 42.7 Å². The minimum atomic E-state index is 0.717. The van der Waals surface area contributed by atoms with Crippen LogP contribution in [0.3, 0.4) is 0 Å². The van der Waals surface area contributed by atoms with E-state index in [2.05, 4.69) is 29.5 Å². The number of rotatable bonds is 5. The molecule has 0 amide bonds. The van der Waals surface area contributed by atoms with Gasteiger partial charge in [-0.2, -0.15) is 0 Å². The van der Waals surface area contributed by atoms with Gasteiger partial charge in [-0.15, -0.1) is 5.10 Å². The van der Waals surface area contributed by atoms with Gasteiger partial charge in [0.2, 0.25) is 0 Å². The molecular weight excluding hydrogens is 212 g/mol. The summed E-state index contributed by atoms with van der Waals surface area (Å²) in [5.41, 5.74) is 0. The van der Waals surface area contributed by atoms with Gasteiger partial charge in [0, 0.05) is 18.8 Å². The number of hydrogen-bond acceptors (Lipinski definition) is 3. The Hall–Kier alpha value is -0.900. The fraction of sp³-hybridized carbons (Fsp3) is 0.846. The van der Waals surface area contributed by atoms with Crippen molar-refractivity contribution in [1.82, 2.24) is 20.3 Å². The summed E-state index contributed by atoms with van der Waals surface area (Å²) < 4.78 is 1.90. The van der Waals surface area contributed by atoms with Crippen molar-refractivity contribution in [2.45, 2.75) is 52.1 Å². The third kappa shape index (κ3) is 3.53. The summed E-state index contributed by atoms with van der Waals surface area (Å²) in [5, 5.41) is 11.5. The van der Waals surface area contributed by atoms with Crippen LogP contribution in [0.25, 0.3) is 0 Å². The summed E-state index contributed by atoms with van der Waals surface area (Å²) >= 11 is 0. The number of nitrogens with one attached hydrogen (secondary N) is 1. The third-order valence-corrected chi connectivity index (χ3v) is 4.15. The molecule has 0 aliphatic heterocycles. The van der Waals surface area contributed by atoms with Crippen molar-refractivity contribution in [3.8, 4) is 0 Å². The Balaban J connectivity index is 1.64. The van der Waals surface area contributed by atoms with Crippen LogP contribution in [-0.2, 0) is 6.54 Å². The molecule has 1 heterocycles. The third-order valence-electron chi connectivity index (χ3n) is 4.15. The van der Waals surface area contributed by atoms with Gasteiger partial charge in [-0.3, -0.25) is 4.68 Å². The molecule has 1 aliphatic rings. The minimum Gasteiger partial charge on any atom is -0.314 e. The predicted molar refractivity (Wildman–Crippen MR) is 68.6 cm³/mol. The Kier molecular flexibility index (Phi) is 4.54. The molecule has 1 aliphatic carbocycles. The van der Waals surface area contributed by atoms with Gasteiger partial charge in [-0.05, 0) is 31.2 Å². The Morgan fingerprint density at radius 3 is 3.00 bits per heavy atom. The highest BCUT2D eigenvalue weighted by Gasteiger charge is 2.26. The molecule has 2 rings (SSSR count). The SMILES string of the molecule is CC1CCCC(NCCCn2ccnn2)C1C. The largest absolute Gasteiger partial charge is 0.314 e. The molecule has 1 aromatic heterocycles. The van der Waals surface area contributed by atoms with Gasteiger partial charge in [0.15, 0.2) is 0 Å². The lowest BCUT2D eigenvalue weighted by Gasteiger charge is -2.34. The van der Waals surface area contributed by atoms with Gasteiger partial charge in [0.25, 0.3) is 0 Å². The molecule has 3 unspecified atom stereocenters. The van der Waals surface area contributed by atoms with Crippen LogP contribution in [0.5, 0.6) is 0 Å². The van der Waals surface area contributed by atoms with Crippen LogP contribution in [0.4, 0.5) is 0 Å². The molecule has 0 radical (unpaired) electrons. The first kappa shape index (κ1) is 12.6. The van der Waals surface area contributed by atoms with Crippen LogP contribution < -0.4 is 5.32 Å². The van der Waals surface area contributed by atoms with E-state index in [0.29, 0.717) is 0 Å². The Labute approximate surface area is 104 Å². The van der Waals surface area contributed by atoms with E-state index >= 15 is 0 Å². The van der Waals surface area contributed by atoms with Crippen molar-refractivity contribution >= 4 is 0 Å². The lowest BCUT2D eigenvalue weighted by molar-refractivity contribution is 0.206. The Morgan fingerprint density at radius 2 is 2.24 bits per heavy atom. The van der Waals surface area contributed by atoms with Crippen LogP contribution in [0.15, 0.2) is 12.4 Å². The molecule has 1 aromatic rings. The average molecular weight is 236 g/mol. The first-order valence-corrected chi connectivity index (χ1v) is 6.85. The van der Waals surface area contributed by atoms with Gasteiger partial charge < -0.3 is 5.32 Å². The van der Waals surface area contributed by atoms with Crippen molar-refractivity contribution in [1.29, 1.82) is 0 Å². The van der Waals surface area contributed by atoms with E-state index in [4.69, 9.17) is 0 Å². The van der Waals surface area contributed by atoms with Crippen molar-refractivity contribution in [3.63, 3.8) is 0 Å². The molecule has 4 heteroatoms. The molecule has 96 valence electrons. The van der Waals surface area contributed by atoms with E-state index in [1.165, 1.54) is 19.3 Å². The number of nitrogens with zero attached hydrogens (tertiary/aromatic N) is 3. The summed E-state index contributed by atoms with van der Waals surface area (Å²) in [6.07, 6.45) is 8.91. The Morgan fingerprint density at radius 1 is 1.35 bits per heavy atom. The molecule has 0 saturated heterocycles. The number of hydrogen-bond donors (Lipinski definition) is 1. The highest BCUT2D eigenvalue weighted by Crippen LogP contribution is 2.29. The van der Waals surface area contributed by atoms with Crippen LogP contribution in [-0.4, -0.2) is 27.6 Å². The van der Waals surface area contributed by atoms with Crippen molar-refractivity contribution in [2.24, 2.45) is 11.8 Å². The maximum absolute atomic E-state index is 3.97. The molecule has 4 nitrogen and oxygen atoms in total. The molecule has 17 heavy (non-hydrogen) atoms. The first-order valence-electron chi connectivity index (χ1n) is 6.85. The van der Waals surface area contributed by atoms with E-state index in [1.807, 2.05) is 10.9 Å². The van der Waals surface area contributed by atoms with Gasteiger partial charge in [-0.25, -0.2) is 0 Å². The highest BCUT2D eigenvalue weighted by atomic mass is 15.4. The normalized spacial score (nSPS) is 29.4. The Bertz CT molecular complexity index is 309. The molecular formula is C13H24N4. The van der Waals surface area contributed by atoms with Crippen molar-refractivity contribution in [3.05, 3.63) is 12.4 Å². The second kappa shape index (κ2) is 6.15. The summed E-state index contributed by atoms with van der Waals surface area (Å²) in [6.45, 7) is 6.82. The number of aryl methyl sites for hydroxylation is 1. The predicted octanol–water partition coefficient (Wildman–Crippen LogP) is 2.08. The molecule has 0 aromatic carbocycles. The fourth-order valence-corrected chi connectivity index (χ4v) is 2.75. The minimum absolute atomic E-state index is 0.717. The summed E-state index contributed by atoms with van der Waals surface area (Å²) in [7, 11) is 0. The van der Waals surface area contributed by atoms with Gasteiger partial charge in [0.1, 0.15) is 0 Å². The first-order chi connectivity index (χ1) is 8.27. The molecule has 0 spiro atoms. The highest BCUT2D eigenvalue weighted by molar-refractivity contribution is 4.82. The zero-order chi connectivity index (χ0) is 12.1. The molecule has 1 fully saturated rings. The standard InChI is InChI=1S/C13H24N4/c1-11-5-3-6-13(12(11)2)14-7-4-9-17-10-8-15-16-17/h8,10-14H,3-7,9H2,1-2H3. The van der Waals surface area contributed by atoms with Gasteiger partial charge >= 0.3 is 0 Å². The number of aromatic nitrogens is 3. The van der Waals surface area contributed by atoms with E-state index in [-0.39, 0.29) is 0 Å². The average Bonchev–Trinajstić information content (AvgIpc) is 2.83. The molecule has 0 bridgehead atoms. The fourth-order valence-electron chi connectivity index (χ4n) is 2.75. The van der Waals surface area contributed by atoms with E-state index in [0.717, 1.165) is 37.4 Å². The van der Waals surface area contributed by atoms with Crippen LogP contribution in [0.1, 0.15) is 39.5 Å². The van der Waals surface area contributed by atoms with Crippen molar-refractivity contribution < 1.29 is 0 Å². The van der Waals surface area contributed by atoms with Crippen LogP contribution in [0.2, 0.25) is 0 Å². The van der Waals surface area contributed by atoms with E-state index < -0.39 is 0 Å². The van der Waals surface area contributed by atoms with Gasteiger partial charge in [-0.1, -0.05) is 31.9 Å². The summed E-state index contributed by atoms with van der Waals surface area (Å²) in [6, 6.07) is 0.717. The monoisotopic (exact) mass is 236 g/mol. The zero-order valence-electron chi connectivity index (χ0n) is 11.0. The maximum Gasteiger partial charge on any atom is 0.0692 e. The second-order valence-electron chi connectivity index (χ2n) is 5.35. The van der Waals surface area contributed by atoms with E-state index in [1.54, 1.807) is 6.20 Å². The molecule has 1 saturated carbocycles. The lowest BCUT2D eigenvalue weighted by atomic mass is 9.78.